The molecule has 0 saturated carbocycles. The third-order valence-electron chi connectivity index (χ3n) is 6.66. The van der Waals surface area contributed by atoms with E-state index in [2.05, 4.69) is 9.50 Å². The van der Waals surface area contributed by atoms with Crippen LogP contribution in [0.3, 0.4) is 0 Å². The van der Waals surface area contributed by atoms with E-state index in [9.17, 15) is 54.1 Å². The lowest BCUT2D eigenvalue weighted by molar-refractivity contribution is -0.369. The minimum Gasteiger partial charge on any atom is -0.394 e. The first-order valence-corrected chi connectivity index (χ1v) is 13.5. The van der Waals surface area contributed by atoms with Crippen LogP contribution in [0.2, 0.25) is 0 Å². The molecule has 40 heavy (non-hydrogen) atoms. The van der Waals surface area contributed by atoms with Gasteiger partial charge in [0.05, 0.1) is 19.3 Å². The zero-order chi connectivity index (χ0) is 30.1. The predicted molar refractivity (Wildman–Crippen MR) is 122 cm³/mol. The molecule has 19 nitrogen and oxygen atoms in total. The second kappa shape index (κ2) is 13.4. The largest absolute Gasteiger partial charge is 0.397 e. The summed E-state index contributed by atoms with van der Waals surface area (Å²) in [5, 5.41) is 84.0. The van der Waals surface area contributed by atoms with Crippen molar-refractivity contribution in [2.24, 2.45) is 0 Å². The normalized spacial score (nSPS) is 46.6. The minimum atomic E-state index is -5.24. The van der Waals surface area contributed by atoms with Gasteiger partial charge in [0, 0.05) is 6.92 Å². The molecule has 3 fully saturated rings. The van der Waals surface area contributed by atoms with Gasteiger partial charge in [-0.15, -0.1) is 0 Å². The third-order valence-corrected chi connectivity index (χ3v) is 7.13. The van der Waals surface area contributed by atoms with Crippen LogP contribution < -0.4 is 5.32 Å². The fourth-order valence-corrected chi connectivity index (χ4v) is 5.15. The van der Waals surface area contributed by atoms with Gasteiger partial charge in [-0.2, -0.15) is 8.42 Å². The molecule has 0 bridgehead atoms. The van der Waals surface area contributed by atoms with Crippen molar-refractivity contribution >= 4 is 16.3 Å². The number of aliphatic hydroxyl groups is 8. The van der Waals surface area contributed by atoms with E-state index < -0.39 is 122 Å². The van der Waals surface area contributed by atoms with Crippen molar-refractivity contribution in [2.45, 2.75) is 106 Å². The van der Waals surface area contributed by atoms with Crippen LogP contribution >= 0.6 is 0 Å². The van der Waals surface area contributed by atoms with Crippen LogP contribution in [0.1, 0.15) is 13.8 Å². The number of aliphatic hydroxyl groups excluding tert-OH is 8. The smallest absolute Gasteiger partial charge is 0.394 e. The Kier molecular flexibility index (Phi) is 11.2. The second-order valence-corrected chi connectivity index (χ2v) is 10.6. The molecule has 3 heterocycles. The summed E-state index contributed by atoms with van der Waals surface area (Å²) in [6, 6.07) is -1.52. The Balaban J connectivity index is 1.97. The highest BCUT2D eigenvalue weighted by atomic mass is 32.3. The molecule has 15 atom stereocenters. The Labute approximate surface area is 227 Å². The summed E-state index contributed by atoms with van der Waals surface area (Å²) in [4.78, 5) is 11.9. The molecule has 0 aromatic carbocycles. The summed E-state index contributed by atoms with van der Waals surface area (Å²) in [6.07, 6.45) is -24.5. The lowest BCUT2D eigenvalue weighted by atomic mass is 9.94. The number of ether oxygens (including phenoxy) is 5. The van der Waals surface area contributed by atoms with Crippen molar-refractivity contribution in [3.05, 3.63) is 0 Å². The number of carbonyl (C=O) groups is 1. The van der Waals surface area contributed by atoms with E-state index in [1.807, 2.05) is 0 Å². The summed E-state index contributed by atoms with van der Waals surface area (Å²) in [5.74, 6) is -0.713. The third kappa shape index (κ3) is 7.42. The van der Waals surface area contributed by atoms with Crippen LogP contribution in [-0.2, 0) is 43.1 Å². The van der Waals surface area contributed by atoms with E-state index in [-0.39, 0.29) is 0 Å². The van der Waals surface area contributed by atoms with Gasteiger partial charge >= 0.3 is 10.4 Å². The maximum Gasteiger partial charge on any atom is 0.397 e. The summed E-state index contributed by atoms with van der Waals surface area (Å²) >= 11 is 0. The van der Waals surface area contributed by atoms with Gasteiger partial charge in [-0.05, 0) is 6.92 Å². The Morgan fingerprint density at radius 2 is 1.35 bits per heavy atom. The first-order valence-electron chi connectivity index (χ1n) is 12.1. The lowest BCUT2D eigenvalue weighted by Crippen LogP contribution is -2.69. The number of nitrogens with one attached hydrogen (secondary N) is 1. The number of hydrogen-bond donors (Lipinski definition) is 10. The van der Waals surface area contributed by atoms with Gasteiger partial charge in [0.25, 0.3) is 0 Å². The molecule has 0 spiro atoms. The monoisotopic (exact) mass is 609 g/mol. The molecule has 10 N–H and O–H groups in total. The lowest BCUT2D eigenvalue weighted by Gasteiger charge is -2.49. The van der Waals surface area contributed by atoms with Gasteiger partial charge in [0.1, 0.15) is 67.1 Å². The molecular formula is C20H35NO18S. The molecule has 0 radical (unpaired) electrons. The van der Waals surface area contributed by atoms with Crippen LogP contribution in [0, 0.1) is 0 Å². The number of carbonyl (C=O) groups excluding carboxylic acids is 1. The highest BCUT2D eigenvalue weighted by molar-refractivity contribution is 7.80. The van der Waals surface area contributed by atoms with Gasteiger partial charge < -0.3 is 69.9 Å². The van der Waals surface area contributed by atoms with Gasteiger partial charge in [-0.25, -0.2) is 4.18 Å². The molecular weight excluding hydrogens is 574 g/mol. The average Bonchev–Trinajstić information content (AvgIpc) is 2.87. The molecule has 3 aliphatic heterocycles. The number of amides is 1. The Morgan fingerprint density at radius 3 is 1.90 bits per heavy atom. The molecule has 3 rings (SSSR count). The van der Waals surface area contributed by atoms with Crippen LogP contribution in [0.15, 0.2) is 0 Å². The fourth-order valence-electron chi connectivity index (χ4n) is 4.64. The highest BCUT2D eigenvalue weighted by Crippen LogP contribution is 2.33. The SMILES string of the molecule is CC(=O)NC1C(O)OC(CO)C(OC2OC(CO)C(O)C(OS(=O)(=O)O)C2O)C1OC1OC(C)C(O)C(O)C1O. The van der Waals surface area contributed by atoms with Crippen molar-refractivity contribution in [1.29, 1.82) is 0 Å². The Hall–Kier alpha value is -1.18. The maximum absolute atomic E-state index is 11.9. The van der Waals surface area contributed by atoms with Crippen LogP contribution in [0.5, 0.6) is 0 Å². The number of hydrogen-bond acceptors (Lipinski definition) is 17. The van der Waals surface area contributed by atoms with Gasteiger partial charge in [-0.1, -0.05) is 0 Å². The van der Waals surface area contributed by atoms with E-state index in [0.717, 1.165) is 6.92 Å². The molecule has 15 unspecified atom stereocenters. The molecule has 20 heteroatoms. The van der Waals surface area contributed by atoms with Crippen molar-refractivity contribution in [2.75, 3.05) is 13.2 Å². The van der Waals surface area contributed by atoms with E-state index >= 15 is 0 Å². The summed E-state index contributed by atoms with van der Waals surface area (Å²) < 4.78 is 63.6. The summed E-state index contributed by atoms with van der Waals surface area (Å²) in [7, 11) is -5.24. The van der Waals surface area contributed by atoms with Crippen molar-refractivity contribution in [1.82, 2.24) is 5.32 Å². The molecule has 1 amide bonds. The molecule has 3 saturated heterocycles. The van der Waals surface area contributed by atoms with E-state index in [0.29, 0.717) is 0 Å². The van der Waals surface area contributed by atoms with Crippen molar-refractivity contribution in [3.63, 3.8) is 0 Å². The standard InChI is InChI=1S/C20H35NO18S/c1-5-10(25)12(27)13(28)19(34-5)38-16-9(21-6(2)24)18(30)35-8(4-23)15(16)37-20-14(29)17(39-40(31,32)33)11(26)7(3-22)36-20/h5,7-20,22-23,25-30H,3-4H2,1-2H3,(H,21,24)(H,31,32,33). The van der Waals surface area contributed by atoms with E-state index in [1.54, 1.807) is 0 Å². The number of rotatable bonds is 9. The highest BCUT2D eigenvalue weighted by Gasteiger charge is 2.55. The van der Waals surface area contributed by atoms with Crippen LogP contribution in [0.25, 0.3) is 0 Å². The first kappa shape index (κ1) is 33.3. The maximum atomic E-state index is 11.9. The topological polar surface area (TPSA) is 301 Å². The Morgan fingerprint density at radius 1 is 0.775 bits per heavy atom. The predicted octanol–water partition coefficient (Wildman–Crippen LogP) is -6.57. The first-order chi connectivity index (χ1) is 18.6. The zero-order valence-electron chi connectivity index (χ0n) is 21.2. The average molecular weight is 610 g/mol. The van der Waals surface area contributed by atoms with Crippen molar-refractivity contribution < 1.29 is 86.5 Å². The van der Waals surface area contributed by atoms with Gasteiger partial charge in [0.15, 0.2) is 18.9 Å². The van der Waals surface area contributed by atoms with E-state index in [4.69, 9.17) is 28.2 Å². The summed E-state index contributed by atoms with van der Waals surface area (Å²) in [6.45, 7) is 0.591. The quantitative estimate of drug-likeness (QED) is 0.109. The van der Waals surface area contributed by atoms with Gasteiger partial charge in [0.2, 0.25) is 5.91 Å². The zero-order valence-corrected chi connectivity index (χ0v) is 22.0. The molecule has 0 aliphatic carbocycles. The van der Waals surface area contributed by atoms with Gasteiger partial charge in [-0.3, -0.25) is 9.35 Å². The van der Waals surface area contributed by atoms with Crippen LogP contribution in [0.4, 0.5) is 0 Å². The molecule has 3 aliphatic rings. The minimum absolute atomic E-state index is 0.713. The van der Waals surface area contributed by atoms with Crippen molar-refractivity contribution in [3.8, 4) is 0 Å². The van der Waals surface area contributed by atoms with Crippen LogP contribution in [-0.4, -0.2) is 165 Å². The molecule has 0 aromatic heterocycles. The Bertz CT molecular complexity index is 956. The van der Waals surface area contributed by atoms with E-state index in [1.165, 1.54) is 6.92 Å². The molecule has 0 aromatic rings. The fraction of sp³-hybridized carbons (Fsp3) is 0.950. The molecule has 234 valence electrons. The summed E-state index contributed by atoms with van der Waals surface area (Å²) in [5.41, 5.74) is 0. The second-order valence-electron chi connectivity index (χ2n) is 9.55.